The van der Waals surface area contributed by atoms with Gasteiger partial charge in [0.15, 0.2) is 0 Å². The van der Waals surface area contributed by atoms with Gasteiger partial charge in [-0.2, -0.15) is 0 Å². The normalized spacial score (nSPS) is 8.25. The summed E-state index contributed by atoms with van der Waals surface area (Å²) in [5.41, 5.74) is 0. The van der Waals surface area contributed by atoms with E-state index in [-0.39, 0.29) is 5.91 Å². The fourth-order valence-corrected chi connectivity index (χ4v) is 0.351. The number of nitrogens with zero attached hydrogens (tertiary/aromatic N) is 1. The van der Waals surface area contributed by atoms with E-state index in [1.165, 1.54) is 11.1 Å². The first-order valence-corrected chi connectivity index (χ1v) is 2.60. The molecule has 2 heteroatoms. The van der Waals surface area contributed by atoms with Gasteiger partial charge >= 0.3 is 0 Å². The first kappa shape index (κ1) is 7.21. The molecule has 0 unspecified atom stereocenters. The van der Waals surface area contributed by atoms with Crippen molar-refractivity contribution in [2.45, 2.75) is 13.3 Å². The van der Waals surface area contributed by atoms with E-state index in [0.29, 0.717) is 6.42 Å². The lowest BCUT2D eigenvalue weighted by Gasteiger charge is -2.07. The minimum absolute atomic E-state index is 0.0972. The van der Waals surface area contributed by atoms with Gasteiger partial charge in [0.2, 0.25) is 5.91 Å². The Bertz CT molecular complexity index is 98.7. The molecule has 0 rings (SSSR count). The minimum Gasteiger partial charge on any atom is -0.323 e. The molecule has 0 aromatic rings. The molecule has 0 aromatic carbocycles. The van der Waals surface area contributed by atoms with Crippen molar-refractivity contribution in [3.05, 3.63) is 12.8 Å². The molecule has 46 valence electrons. The smallest absolute Gasteiger partial charge is 0.225 e. The van der Waals surface area contributed by atoms with Crippen LogP contribution in [0.3, 0.4) is 0 Å². The van der Waals surface area contributed by atoms with Gasteiger partial charge in [0, 0.05) is 13.5 Å². The van der Waals surface area contributed by atoms with Crippen LogP contribution in [0, 0.1) is 0 Å². The van der Waals surface area contributed by atoms with Crippen LogP contribution in [0.15, 0.2) is 12.8 Å². The highest BCUT2D eigenvalue weighted by Gasteiger charge is 1.97. The van der Waals surface area contributed by atoms with Gasteiger partial charge in [0.25, 0.3) is 0 Å². The van der Waals surface area contributed by atoms with E-state index in [0.717, 1.165) is 0 Å². The standard InChI is InChI=1S/C6H11NO/c1-4-6(8)7(3)5-2/h5H,2,4H2,1,3H3. The fraction of sp³-hybridized carbons (Fsp3) is 0.500. The monoisotopic (exact) mass is 113 g/mol. The average Bonchev–Trinajstić information content (AvgIpc) is 1.84. The van der Waals surface area contributed by atoms with E-state index in [2.05, 4.69) is 6.58 Å². The first-order valence-electron chi connectivity index (χ1n) is 2.60. The molecule has 0 saturated heterocycles. The quantitative estimate of drug-likeness (QED) is 0.523. The van der Waals surface area contributed by atoms with Crippen LogP contribution in [-0.2, 0) is 4.79 Å². The predicted molar refractivity (Wildman–Crippen MR) is 33.3 cm³/mol. The van der Waals surface area contributed by atoms with Crippen LogP contribution >= 0.6 is 0 Å². The Morgan fingerprint density at radius 1 is 1.88 bits per heavy atom. The van der Waals surface area contributed by atoms with Crippen molar-refractivity contribution in [1.29, 1.82) is 0 Å². The third-order valence-corrected chi connectivity index (χ3v) is 0.970. The first-order chi connectivity index (χ1) is 3.72. The van der Waals surface area contributed by atoms with Crippen molar-refractivity contribution in [3.63, 3.8) is 0 Å². The molecule has 0 spiro atoms. The van der Waals surface area contributed by atoms with Crippen LogP contribution in [-0.4, -0.2) is 17.9 Å². The molecule has 0 N–H and O–H groups in total. The van der Waals surface area contributed by atoms with Gasteiger partial charge in [-0.05, 0) is 6.20 Å². The van der Waals surface area contributed by atoms with Gasteiger partial charge in [0.1, 0.15) is 0 Å². The third kappa shape index (κ3) is 1.78. The summed E-state index contributed by atoms with van der Waals surface area (Å²) in [7, 11) is 1.69. The van der Waals surface area contributed by atoms with Crippen molar-refractivity contribution < 1.29 is 4.79 Å². The molecule has 0 heterocycles. The van der Waals surface area contributed by atoms with Crippen LogP contribution in [0.1, 0.15) is 13.3 Å². The Kier molecular flexibility index (Phi) is 2.92. The summed E-state index contributed by atoms with van der Waals surface area (Å²) in [4.78, 5) is 12.1. The van der Waals surface area contributed by atoms with Gasteiger partial charge in [0.05, 0.1) is 0 Å². The van der Waals surface area contributed by atoms with Crippen molar-refractivity contribution in [2.75, 3.05) is 7.05 Å². The lowest BCUT2D eigenvalue weighted by atomic mass is 10.4. The summed E-state index contributed by atoms with van der Waals surface area (Å²) >= 11 is 0. The van der Waals surface area contributed by atoms with Gasteiger partial charge in [-0.25, -0.2) is 0 Å². The molecule has 0 atom stereocenters. The molecule has 0 aliphatic heterocycles. The summed E-state index contributed by atoms with van der Waals surface area (Å²) < 4.78 is 0. The Morgan fingerprint density at radius 3 is 2.50 bits per heavy atom. The highest BCUT2D eigenvalue weighted by molar-refractivity contribution is 5.76. The molecule has 0 aromatic heterocycles. The summed E-state index contributed by atoms with van der Waals surface area (Å²) in [5.74, 6) is 0.0972. The maximum absolute atomic E-state index is 10.6. The molecule has 0 radical (unpaired) electrons. The van der Waals surface area contributed by atoms with Gasteiger partial charge in [-0.1, -0.05) is 13.5 Å². The van der Waals surface area contributed by atoms with Crippen molar-refractivity contribution in [3.8, 4) is 0 Å². The number of hydrogen-bond acceptors (Lipinski definition) is 1. The Labute approximate surface area is 49.8 Å². The third-order valence-electron chi connectivity index (χ3n) is 0.970. The predicted octanol–water partition coefficient (Wildman–Crippen LogP) is 0.998. The number of carbonyl (C=O) groups is 1. The lowest BCUT2D eigenvalue weighted by molar-refractivity contribution is -0.127. The molecule has 2 nitrogen and oxygen atoms in total. The van der Waals surface area contributed by atoms with Crippen molar-refractivity contribution in [1.82, 2.24) is 4.90 Å². The van der Waals surface area contributed by atoms with Crippen molar-refractivity contribution >= 4 is 5.91 Å². The van der Waals surface area contributed by atoms with Gasteiger partial charge < -0.3 is 4.90 Å². The molecule has 8 heavy (non-hydrogen) atoms. The van der Waals surface area contributed by atoms with Crippen LogP contribution in [0.2, 0.25) is 0 Å². The van der Waals surface area contributed by atoms with Gasteiger partial charge in [-0.15, -0.1) is 0 Å². The number of rotatable bonds is 2. The molecular formula is C6H11NO. The van der Waals surface area contributed by atoms with Crippen LogP contribution < -0.4 is 0 Å². The second-order valence-corrected chi connectivity index (χ2v) is 1.54. The number of hydrogen-bond donors (Lipinski definition) is 0. The second kappa shape index (κ2) is 3.24. The maximum Gasteiger partial charge on any atom is 0.225 e. The van der Waals surface area contributed by atoms with E-state index >= 15 is 0 Å². The SMILES string of the molecule is C=CN(C)C(=O)CC. The van der Waals surface area contributed by atoms with E-state index in [9.17, 15) is 4.79 Å². The summed E-state index contributed by atoms with van der Waals surface area (Å²) in [6.45, 7) is 5.26. The van der Waals surface area contributed by atoms with Gasteiger partial charge in [-0.3, -0.25) is 4.79 Å². The Hall–Kier alpha value is -0.790. The summed E-state index contributed by atoms with van der Waals surface area (Å²) in [6.07, 6.45) is 2.05. The zero-order valence-corrected chi connectivity index (χ0v) is 5.35. The topological polar surface area (TPSA) is 20.3 Å². The van der Waals surface area contributed by atoms with E-state index in [1.807, 2.05) is 6.92 Å². The summed E-state index contributed by atoms with van der Waals surface area (Å²) in [6, 6.07) is 0. The molecule has 1 amide bonds. The highest BCUT2D eigenvalue weighted by Crippen LogP contribution is 1.87. The maximum atomic E-state index is 10.6. The lowest BCUT2D eigenvalue weighted by Crippen LogP contribution is -2.18. The largest absolute Gasteiger partial charge is 0.323 e. The highest BCUT2D eigenvalue weighted by atomic mass is 16.2. The zero-order valence-electron chi connectivity index (χ0n) is 5.35. The summed E-state index contributed by atoms with van der Waals surface area (Å²) in [5, 5.41) is 0. The Balaban J connectivity index is 3.62. The molecule has 0 fully saturated rings. The fourth-order valence-electron chi connectivity index (χ4n) is 0.351. The van der Waals surface area contributed by atoms with Crippen LogP contribution in [0.25, 0.3) is 0 Å². The molecule has 0 aliphatic rings. The van der Waals surface area contributed by atoms with Crippen LogP contribution in [0.4, 0.5) is 0 Å². The zero-order chi connectivity index (χ0) is 6.57. The Morgan fingerprint density at radius 2 is 2.38 bits per heavy atom. The molecular weight excluding hydrogens is 102 g/mol. The second-order valence-electron chi connectivity index (χ2n) is 1.54. The van der Waals surface area contributed by atoms with E-state index in [4.69, 9.17) is 0 Å². The molecule has 0 aliphatic carbocycles. The van der Waals surface area contributed by atoms with E-state index in [1.54, 1.807) is 7.05 Å². The number of carbonyl (C=O) groups excluding carboxylic acids is 1. The van der Waals surface area contributed by atoms with E-state index < -0.39 is 0 Å². The van der Waals surface area contributed by atoms with Crippen LogP contribution in [0.5, 0.6) is 0 Å². The van der Waals surface area contributed by atoms with Crippen molar-refractivity contribution in [2.24, 2.45) is 0 Å². The minimum atomic E-state index is 0.0972. The average molecular weight is 113 g/mol. The molecule has 0 saturated carbocycles. The number of amides is 1. The molecule has 0 bridgehead atoms.